The third-order valence-corrected chi connectivity index (χ3v) is 2.72. The van der Waals surface area contributed by atoms with Crippen LogP contribution in [-0.2, 0) is 13.7 Å². The maximum atomic E-state index is 5.68. The van der Waals surface area contributed by atoms with Crippen LogP contribution in [0.4, 0.5) is 0 Å². The Morgan fingerprint density at radius 3 is 2.44 bits per heavy atom. The predicted molar refractivity (Wildman–Crippen MR) is 63.5 cm³/mol. The average molecular weight is 216 g/mol. The molecule has 0 fully saturated rings. The zero-order valence-corrected chi connectivity index (χ0v) is 9.90. The zero-order chi connectivity index (χ0) is 11.5. The van der Waals surface area contributed by atoms with Gasteiger partial charge in [-0.2, -0.15) is 0 Å². The normalized spacial score (nSPS) is 10.4. The van der Waals surface area contributed by atoms with E-state index in [2.05, 4.69) is 11.9 Å². The number of hydrogen-bond donors (Lipinski definition) is 0. The minimum Gasteiger partial charge on any atom is -0.487 e. The van der Waals surface area contributed by atoms with Crippen LogP contribution >= 0.6 is 0 Å². The monoisotopic (exact) mass is 216 g/mol. The van der Waals surface area contributed by atoms with Crippen LogP contribution in [-0.4, -0.2) is 9.55 Å². The van der Waals surface area contributed by atoms with Gasteiger partial charge in [0.15, 0.2) is 0 Å². The molecule has 16 heavy (non-hydrogen) atoms. The zero-order valence-electron chi connectivity index (χ0n) is 9.90. The lowest BCUT2D eigenvalue weighted by Crippen LogP contribution is -2.02. The molecule has 0 unspecified atom stereocenters. The molecule has 84 valence electrons. The standard InChI is InChI=1S/C13H16N2O/c1-10-4-6-13(7-5-10)16-9-12-8-14-11(2)15(12)3/h4-8H,9H2,1-3H3. The van der Waals surface area contributed by atoms with Crippen LogP contribution in [0, 0.1) is 13.8 Å². The molecule has 0 amide bonds. The van der Waals surface area contributed by atoms with E-state index in [4.69, 9.17) is 4.74 Å². The van der Waals surface area contributed by atoms with Gasteiger partial charge in [-0.05, 0) is 26.0 Å². The van der Waals surface area contributed by atoms with Gasteiger partial charge in [0.1, 0.15) is 18.2 Å². The lowest BCUT2D eigenvalue weighted by Gasteiger charge is -2.07. The van der Waals surface area contributed by atoms with E-state index in [0.29, 0.717) is 6.61 Å². The Labute approximate surface area is 95.7 Å². The van der Waals surface area contributed by atoms with Crippen molar-refractivity contribution < 1.29 is 4.74 Å². The van der Waals surface area contributed by atoms with Gasteiger partial charge in [0.2, 0.25) is 0 Å². The van der Waals surface area contributed by atoms with E-state index < -0.39 is 0 Å². The van der Waals surface area contributed by atoms with Gasteiger partial charge in [-0.3, -0.25) is 0 Å². The molecule has 0 saturated heterocycles. The van der Waals surface area contributed by atoms with Gasteiger partial charge in [-0.1, -0.05) is 17.7 Å². The molecule has 1 heterocycles. The Kier molecular flexibility index (Phi) is 2.95. The molecule has 0 atom stereocenters. The Morgan fingerprint density at radius 2 is 1.88 bits per heavy atom. The third kappa shape index (κ3) is 2.24. The molecule has 2 aromatic rings. The third-order valence-electron chi connectivity index (χ3n) is 2.72. The quantitative estimate of drug-likeness (QED) is 0.788. The van der Waals surface area contributed by atoms with Crippen molar-refractivity contribution in [1.82, 2.24) is 9.55 Å². The number of imidazole rings is 1. The number of benzene rings is 1. The first kappa shape index (κ1) is 10.7. The number of hydrogen-bond acceptors (Lipinski definition) is 2. The van der Waals surface area contributed by atoms with Crippen molar-refractivity contribution >= 4 is 0 Å². The highest BCUT2D eigenvalue weighted by atomic mass is 16.5. The number of rotatable bonds is 3. The van der Waals surface area contributed by atoms with Gasteiger partial charge >= 0.3 is 0 Å². The van der Waals surface area contributed by atoms with E-state index >= 15 is 0 Å². The Balaban J connectivity index is 2.02. The average Bonchev–Trinajstić information content (AvgIpc) is 2.60. The second-order valence-corrected chi connectivity index (χ2v) is 3.96. The summed E-state index contributed by atoms with van der Waals surface area (Å²) in [5.41, 5.74) is 2.32. The van der Waals surface area contributed by atoms with Crippen LogP contribution in [0.3, 0.4) is 0 Å². The fourth-order valence-electron chi connectivity index (χ4n) is 1.47. The summed E-state index contributed by atoms with van der Waals surface area (Å²) in [7, 11) is 2.00. The van der Waals surface area contributed by atoms with Gasteiger partial charge in [0.25, 0.3) is 0 Å². The van der Waals surface area contributed by atoms with Crippen molar-refractivity contribution in [3.63, 3.8) is 0 Å². The van der Waals surface area contributed by atoms with Crippen molar-refractivity contribution in [2.24, 2.45) is 7.05 Å². The van der Waals surface area contributed by atoms with E-state index in [1.807, 2.05) is 49.0 Å². The van der Waals surface area contributed by atoms with E-state index in [1.165, 1.54) is 5.56 Å². The molecule has 0 aliphatic carbocycles. The molecule has 0 aliphatic rings. The van der Waals surface area contributed by atoms with Crippen molar-refractivity contribution in [2.75, 3.05) is 0 Å². The lowest BCUT2D eigenvalue weighted by molar-refractivity contribution is 0.296. The van der Waals surface area contributed by atoms with Crippen LogP contribution < -0.4 is 4.74 Å². The number of nitrogens with zero attached hydrogens (tertiary/aromatic N) is 2. The van der Waals surface area contributed by atoms with Gasteiger partial charge < -0.3 is 9.30 Å². The predicted octanol–water partition coefficient (Wildman–Crippen LogP) is 2.62. The topological polar surface area (TPSA) is 27.1 Å². The molecule has 0 radical (unpaired) electrons. The van der Waals surface area contributed by atoms with Crippen molar-refractivity contribution in [3.8, 4) is 5.75 Å². The Hall–Kier alpha value is -1.77. The van der Waals surface area contributed by atoms with Crippen molar-refractivity contribution in [2.45, 2.75) is 20.5 Å². The van der Waals surface area contributed by atoms with Crippen molar-refractivity contribution in [3.05, 3.63) is 47.5 Å². The second kappa shape index (κ2) is 4.39. The largest absolute Gasteiger partial charge is 0.487 e. The van der Waals surface area contributed by atoms with E-state index in [-0.39, 0.29) is 0 Å². The molecule has 0 saturated carbocycles. The molecule has 0 spiro atoms. The SMILES string of the molecule is Cc1ccc(OCc2cnc(C)n2C)cc1. The van der Waals surface area contributed by atoms with Gasteiger partial charge in [0, 0.05) is 7.05 Å². The van der Waals surface area contributed by atoms with E-state index in [9.17, 15) is 0 Å². The van der Waals surface area contributed by atoms with Crippen LogP contribution in [0.2, 0.25) is 0 Å². The second-order valence-electron chi connectivity index (χ2n) is 3.96. The summed E-state index contributed by atoms with van der Waals surface area (Å²) in [6.07, 6.45) is 1.85. The van der Waals surface area contributed by atoms with E-state index in [0.717, 1.165) is 17.3 Å². The summed E-state index contributed by atoms with van der Waals surface area (Å²) in [5, 5.41) is 0. The minimum atomic E-state index is 0.556. The highest BCUT2D eigenvalue weighted by molar-refractivity contribution is 5.26. The molecular formula is C13H16N2O. The highest BCUT2D eigenvalue weighted by Gasteiger charge is 2.02. The first-order chi connectivity index (χ1) is 7.66. The fraction of sp³-hybridized carbons (Fsp3) is 0.308. The maximum absolute atomic E-state index is 5.68. The van der Waals surface area contributed by atoms with Gasteiger partial charge in [-0.15, -0.1) is 0 Å². The highest BCUT2D eigenvalue weighted by Crippen LogP contribution is 2.13. The molecule has 0 aliphatic heterocycles. The van der Waals surface area contributed by atoms with Crippen molar-refractivity contribution in [1.29, 1.82) is 0 Å². The summed E-state index contributed by atoms with van der Waals surface area (Å²) in [6.45, 7) is 4.60. The van der Waals surface area contributed by atoms with Crippen LogP contribution in [0.25, 0.3) is 0 Å². The molecule has 0 bridgehead atoms. The molecule has 2 rings (SSSR count). The first-order valence-corrected chi connectivity index (χ1v) is 5.33. The molecule has 3 heteroatoms. The smallest absolute Gasteiger partial charge is 0.130 e. The summed E-state index contributed by atoms with van der Waals surface area (Å²) in [6, 6.07) is 8.06. The molecule has 1 aromatic carbocycles. The first-order valence-electron chi connectivity index (χ1n) is 5.33. The van der Waals surface area contributed by atoms with Crippen LogP contribution in [0.1, 0.15) is 17.1 Å². The van der Waals surface area contributed by atoms with Gasteiger partial charge in [-0.25, -0.2) is 4.98 Å². The molecule has 3 nitrogen and oxygen atoms in total. The van der Waals surface area contributed by atoms with E-state index in [1.54, 1.807) is 0 Å². The number of ether oxygens (including phenoxy) is 1. The fourth-order valence-corrected chi connectivity index (χ4v) is 1.47. The maximum Gasteiger partial charge on any atom is 0.130 e. The summed E-state index contributed by atoms with van der Waals surface area (Å²) in [4.78, 5) is 4.23. The number of aromatic nitrogens is 2. The minimum absolute atomic E-state index is 0.556. The number of aryl methyl sites for hydroxylation is 2. The molecule has 0 N–H and O–H groups in total. The Morgan fingerprint density at radius 1 is 1.19 bits per heavy atom. The van der Waals surface area contributed by atoms with Crippen LogP contribution in [0.15, 0.2) is 30.5 Å². The van der Waals surface area contributed by atoms with Gasteiger partial charge in [0.05, 0.1) is 11.9 Å². The lowest BCUT2D eigenvalue weighted by atomic mass is 10.2. The van der Waals surface area contributed by atoms with Crippen LogP contribution in [0.5, 0.6) is 5.75 Å². The summed E-state index contributed by atoms with van der Waals surface area (Å²) >= 11 is 0. The Bertz CT molecular complexity index is 471. The summed E-state index contributed by atoms with van der Waals surface area (Å²) in [5.74, 6) is 1.90. The summed E-state index contributed by atoms with van der Waals surface area (Å²) < 4.78 is 7.72. The molecule has 1 aromatic heterocycles. The molecular weight excluding hydrogens is 200 g/mol.